The molecule has 1 aromatic heterocycles. The van der Waals surface area contributed by atoms with Gasteiger partial charge in [0.15, 0.2) is 5.16 Å². The molecule has 0 bridgehead atoms. The molecule has 0 amide bonds. The van der Waals surface area contributed by atoms with Gasteiger partial charge in [0.05, 0.1) is 0 Å². The molecule has 0 aromatic carbocycles. The van der Waals surface area contributed by atoms with Crippen LogP contribution >= 0.6 is 11.8 Å². The van der Waals surface area contributed by atoms with Gasteiger partial charge in [-0.15, -0.1) is 0 Å². The predicted octanol–water partition coefficient (Wildman–Crippen LogP) is 1.94. The van der Waals surface area contributed by atoms with E-state index in [2.05, 4.69) is 23.8 Å². The summed E-state index contributed by atoms with van der Waals surface area (Å²) in [4.78, 5) is 8.29. The number of nitrogens with two attached hydrogens (primary N) is 1. The van der Waals surface area contributed by atoms with Crippen LogP contribution in [0.25, 0.3) is 0 Å². The molecule has 0 spiro atoms. The SMILES string of the molecule is CC(C)(CN)CCSc1ncccn1. The Kier molecular flexibility index (Phi) is 4.35. The second-order valence-electron chi connectivity index (χ2n) is 4.00. The minimum absolute atomic E-state index is 0.224. The molecule has 1 aromatic rings. The molecule has 0 saturated heterocycles. The zero-order valence-electron chi connectivity index (χ0n) is 8.73. The van der Waals surface area contributed by atoms with Crippen LogP contribution in [0.1, 0.15) is 20.3 Å². The molecule has 0 aliphatic heterocycles. The highest BCUT2D eigenvalue weighted by Gasteiger charge is 2.14. The monoisotopic (exact) mass is 211 g/mol. The Morgan fingerprint density at radius 2 is 2.00 bits per heavy atom. The maximum atomic E-state index is 5.65. The largest absolute Gasteiger partial charge is 0.330 e. The van der Waals surface area contributed by atoms with Crippen molar-refractivity contribution in [3.8, 4) is 0 Å². The van der Waals surface area contributed by atoms with E-state index >= 15 is 0 Å². The van der Waals surface area contributed by atoms with Gasteiger partial charge in [0.25, 0.3) is 0 Å². The molecule has 0 unspecified atom stereocenters. The second-order valence-corrected chi connectivity index (χ2v) is 5.06. The normalized spacial score (nSPS) is 11.6. The van der Waals surface area contributed by atoms with Gasteiger partial charge in [-0.2, -0.15) is 0 Å². The highest BCUT2D eigenvalue weighted by molar-refractivity contribution is 7.99. The molecule has 4 heteroatoms. The molecular formula is C10H17N3S. The van der Waals surface area contributed by atoms with Gasteiger partial charge in [-0.3, -0.25) is 0 Å². The molecule has 0 radical (unpaired) electrons. The van der Waals surface area contributed by atoms with E-state index in [1.54, 1.807) is 24.2 Å². The summed E-state index contributed by atoms with van der Waals surface area (Å²) < 4.78 is 0. The highest BCUT2D eigenvalue weighted by atomic mass is 32.2. The van der Waals surface area contributed by atoms with Crippen molar-refractivity contribution in [3.05, 3.63) is 18.5 Å². The van der Waals surface area contributed by atoms with Crippen molar-refractivity contribution >= 4 is 11.8 Å². The maximum absolute atomic E-state index is 5.65. The molecule has 1 rings (SSSR count). The average Bonchev–Trinajstić information content (AvgIpc) is 2.19. The molecular weight excluding hydrogens is 194 g/mol. The summed E-state index contributed by atoms with van der Waals surface area (Å²) in [6, 6.07) is 1.83. The summed E-state index contributed by atoms with van der Waals surface area (Å²) in [6.45, 7) is 5.09. The molecule has 3 nitrogen and oxygen atoms in total. The smallest absolute Gasteiger partial charge is 0.187 e. The Morgan fingerprint density at radius 1 is 1.36 bits per heavy atom. The molecule has 78 valence electrons. The first-order chi connectivity index (χ1) is 6.64. The number of thioether (sulfide) groups is 1. The molecule has 0 fully saturated rings. The van der Waals surface area contributed by atoms with Crippen LogP contribution in [0.3, 0.4) is 0 Å². The van der Waals surface area contributed by atoms with Gasteiger partial charge in [-0.05, 0) is 24.4 Å². The lowest BCUT2D eigenvalue weighted by Crippen LogP contribution is -2.24. The minimum Gasteiger partial charge on any atom is -0.330 e. The lowest BCUT2D eigenvalue weighted by atomic mass is 9.91. The first-order valence-electron chi connectivity index (χ1n) is 4.74. The van der Waals surface area contributed by atoms with Crippen LogP contribution in [0.4, 0.5) is 0 Å². The summed E-state index contributed by atoms with van der Waals surface area (Å²) >= 11 is 1.68. The van der Waals surface area contributed by atoms with E-state index in [9.17, 15) is 0 Å². The standard InChI is InChI=1S/C10H17N3S/c1-10(2,8-11)4-7-14-9-12-5-3-6-13-9/h3,5-6H,4,7-8,11H2,1-2H3. The highest BCUT2D eigenvalue weighted by Crippen LogP contribution is 2.23. The molecule has 1 heterocycles. The third-order valence-electron chi connectivity index (χ3n) is 2.10. The van der Waals surface area contributed by atoms with Gasteiger partial charge in [0.1, 0.15) is 0 Å². The van der Waals surface area contributed by atoms with E-state index in [1.165, 1.54) is 0 Å². The van der Waals surface area contributed by atoms with Gasteiger partial charge in [-0.25, -0.2) is 9.97 Å². The molecule has 0 aliphatic carbocycles. The Morgan fingerprint density at radius 3 is 2.57 bits per heavy atom. The van der Waals surface area contributed by atoms with Crippen molar-refractivity contribution in [2.45, 2.75) is 25.4 Å². The van der Waals surface area contributed by atoms with Gasteiger partial charge >= 0.3 is 0 Å². The average molecular weight is 211 g/mol. The van der Waals surface area contributed by atoms with Crippen LogP contribution in [0.2, 0.25) is 0 Å². The molecule has 14 heavy (non-hydrogen) atoms. The fourth-order valence-corrected chi connectivity index (χ4v) is 1.99. The quantitative estimate of drug-likeness (QED) is 0.597. The van der Waals surface area contributed by atoms with E-state index in [0.29, 0.717) is 0 Å². The van der Waals surface area contributed by atoms with Gasteiger partial charge in [0.2, 0.25) is 0 Å². The zero-order chi connectivity index (χ0) is 10.4. The van der Waals surface area contributed by atoms with Crippen LogP contribution in [-0.2, 0) is 0 Å². The maximum Gasteiger partial charge on any atom is 0.187 e. The van der Waals surface area contributed by atoms with Crippen LogP contribution in [0.5, 0.6) is 0 Å². The van der Waals surface area contributed by atoms with Crippen molar-refractivity contribution < 1.29 is 0 Å². The van der Waals surface area contributed by atoms with Gasteiger partial charge in [-0.1, -0.05) is 25.6 Å². The lowest BCUT2D eigenvalue weighted by molar-refractivity contribution is 0.368. The lowest BCUT2D eigenvalue weighted by Gasteiger charge is -2.21. The number of rotatable bonds is 5. The molecule has 0 atom stereocenters. The Bertz CT molecular complexity index is 261. The molecule has 0 aliphatic rings. The third-order valence-corrected chi connectivity index (χ3v) is 2.98. The summed E-state index contributed by atoms with van der Waals surface area (Å²) in [7, 11) is 0. The zero-order valence-corrected chi connectivity index (χ0v) is 9.55. The first-order valence-corrected chi connectivity index (χ1v) is 5.72. The van der Waals surface area contributed by atoms with E-state index in [1.807, 2.05) is 6.07 Å². The van der Waals surface area contributed by atoms with Crippen molar-refractivity contribution in [1.29, 1.82) is 0 Å². The summed E-state index contributed by atoms with van der Waals surface area (Å²) in [5, 5.41) is 0.848. The summed E-state index contributed by atoms with van der Waals surface area (Å²) in [5.74, 6) is 1.02. The summed E-state index contributed by atoms with van der Waals surface area (Å²) in [6.07, 6.45) is 4.62. The third kappa shape index (κ3) is 4.07. The number of hydrogen-bond acceptors (Lipinski definition) is 4. The van der Waals surface area contributed by atoms with Crippen molar-refractivity contribution in [1.82, 2.24) is 9.97 Å². The second kappa shape index (κ2) is 5.32. The number of nitrogens with zero attached hydrogens (tertiary/aromatic N) is 2. The Hall–Kier alpha value is -0.610. The Labute approximate surface area is 89.5 Å². The van der Waals surface area contributed by atoms with Crippen molar-refractivity contribution in [2.24, 2.45) is 11.1 Å². The van der Waals surface area contributed by atoms with Crippen molar-refractivity contribution in [3.63, 3.8) is 0 Å². The minimum atomic E-state index is 0.224. The van der Waals surface area contributed by atoms with Crippen molar-refractivity contribution in [2.75, 3.05) is 12.3 Å². The fourth-order valence-electron chi connectivity index (χ4n) is 0.881. The van der Waals surface area contributed by atoms with Gasteiger partial charge < -0.3 is 5.73 Å². The topological polar surface area (TPSA) is 51.8 Å². The predicted molar refractivity (Wildman–Crippen MR) is 60.2 cm³/mol. The first kappa shape index (κ1) is 11.5. The fraction of sp³-hybridized carbons (Fsp3) is 0.600. The van der Waals surface area contributed by atoms with Crippen LogP contribution in [0.15, 0.2) is 23.6 Å². The number of aromatic nitrogens is 2. The van der Waals surface area contributed by atoms with Crippen LogP contribution < -0.4 is 5.73 Å². The van der Waals surface area contributed by atoms with E-state index in [0.717, 1.165) is 23.9 Å². The summed E-state index contributed by atoms with van der Waals surface area (Å²) in [5.41, 5.74) is 5.87. The number of hydrogen-bond donors (Lipinski definition) is 1. The van der Waals surface area contributed by atoms with E-state index in [-0.39, 0.29) is 5.41 Å². The van der Waals surface area contributed by atoms with Crippen LogP contribution in [-0.4, -0.2) is 22.3 Å². The van der Waals surface area contributed by atoms with E-state index < -0.39 is 0 Å². The van der Waals surface area contributed by atoms with Gasteiger partial charge in [0, 0.05) is 18.1 Å². The van der Waals surface area contributed by atoms with E-state index in [4.69, 9.17) is 5.73 Å². The Balaban J connectivity index is 2.29. The van der Waals surface area contributed by atoms with Crippen LogP contribution in [0, 0.1) is 5.41 Å². The molecule has 2 N–H and O–H groups in total. The molecule has 0 saturated carbocycles.